The van der Waals surface area contributed by atoms with E-state index in [1.807, 2.05) is 42.5 Å². The maximum Gasteiger partial charge on any atom is 1.00 e. The Morgan fingerprint density at radius 3 is 2.06 bits per heavy atom. The number of hydrogen-bond donors (Lipinski definition) is 2. The van der Waals surface area contributed by atoms with E-state index in [4.69, 9.17) is 5.73 Å². The van der Waals surface area contributed by atoms with Crippen molar-refractivity contribution >= 4 is 40.7 Å². The predicted octanol–water partition coefficient (Wildman–Crippen LogP) is 2.61. The molecule has 0 fully saturated rings. The van der Waals surface area contributed by atoms with Crippen molar-refractivity contribution < 1.29 is 43.7 Å². The molecule has 0 saturated heterocycles. The third kappa shape index (κ3) is 4.43. The summed E-state index contributed by atoms with van der Waals surface area (Å²) in [5.74, 6) is -0.647. The van der Waals surface area contributed by atoms with Gasteiger partial charge in [-0.25, -0.2) is 12.0 Å². The summed E-state index contributed by atoms with van der Waals surface area (Å²) < 4.78 is 11.7. The van der Waals surface area contributed by atoms with E-state index in [1.165, 1.54) is 5.56 Å². The average Bonchev–Trinajstić information content (AvgIpc) is 2.84. The molecule has 0 bridgehead atoms. The van der Waals surface area contributed by atoms with Crippen LogP contribution in [0.5, 0.6) is 0 Å². The van der Waals surface area contributed by atoms with Crippen molar-refractivity contribution in [3.05, 3.63) is 118 Å². The van der Waals surface area contributed by atoms with E-state index in [2.05, 4.69) is 17.4 Å². The Kier molecular flexibility index (Phi) is 7.26. The van der Waals surface area contributed by atoms with Crippen molar-refractivity contribution in [2.45, 2.75) is 11.3 Å². The van der Waals surface area contributed by atoms with E-state index in [1.54, 1.807) is 30.3 Å². The zero-order valence-electron chi connectivity index (χ0n) is 18.5. The Hall–Kier alpha value is -2.87. The van der Waals surface area contributed by atoms with Crippen molar-refractivity contribution in [3.63, 3.8) is 0 Å². The van der Waals surface area contributed by atoms with Crippen LogP contribution in [0.15, 0.2) is 89.8 Å². The van der Waals surface area contributed by atoms with Gasteiger partial charge >= 0.3 is 29.6 Å². The van der Waals surface area contributed by atoms with E-state index < -0.39 is 0 Å². The van der Waals surface area contributed by atoms with Crippen LogP contribution in [0, 0.1) is 0 Å². The van der Waals surface area contributed by atoms with Crippen LogP contribution in [0.25, 0.3) is 0 Å². The minimum absolute atomic E-state index is 0. The number of nitrogens with one attached hydrogen (secondary N) is 1. The molecule has 0 aromatic heterocycles. The van der Waals surface area contributed by atoms with Gasteiger partial charge in [-0.1, -0.05) is 66.7 Å². The molecule has 3 N–H and O–H groups in total. The first-order chi connectivity index (χ1) is 16.1. The van der Waals surface area contributed by atoms with Crippen LogP contribution in [0.3, 0.4) is 0 Å². The third-order valence-electron chi connectivity index (χ3n) is 5.75. The predicted molar refractivity (Wildman–Crippen MR) is 130 cm³/mol. The fourth-order valence-corrected chi connectivity index (χ4v) is 4.57. The molecular weight excluding hydrogens is 455 g/mol. The first kappa shape index (κ1) is 24.3. The zero-order valence-corrected chi connectivity index (χ0v) is 21.3. The number of benzene rings is 4. The minimum atomic E-state index is -0.352. The monoisotopic (exact) mass is 474 g/mol. The summed E-state index contributed by atoms with van der Waals surface area (Å²) in [5.41, 5.74) is 10.5. The molecule has 0 amide bonds. The Labute approximate surface area is 223 Å². The van der Waals surface area contributed by atoms with Crippen molar-refractivity contribution in [3.8, 4) is 0 Å². The number of carbonyl (C=O) groups excluding carboxylic acids is 2. The molecule has 0 saturated carbocycles. The molecule has 5 rings (SSSR count). The number of fused-ring (bicyclic) bond motifs is 2. The molecule has 4 aromatic rings. The molecule has 0 spiro atoms. The van der Waals surface area contributed by atoms with Crippen LogP contribution in [0.1, 0.15) is 43.0 Å². The fourth-order valence-electron chi connectivity index (χ4n) is 4.21. The van der Waals surface area contributed by atoms with E-state index in [0.717, 1.165) is 17.7 Å². The molecule has 34 heavy (non-hydrogen) atoms. The third-order valence-corrected chi connectivity index (χ3v) is 6.26. The number of carbonyl (C=O) groups is 2. The van der Waals surface area contributed by atoms with Crippen molar-refractivity contribution in [2.75, 3.05) is 11.1 Å². The summed E-state index contributed by atoms with van der Waals surface area (Å²) in [6.07, 6.45) is 0.753. The number of ketones is 2. The zero-order chi connectivity index (χ0) is 22.9. The Balaban J connectivity index is 0.00000274. The van der Waals surface area contributed by atoms with Gasteiger partial charge in [-0.05, 0) is 35.7 Å². The van der Waals surface area contributed by atoms with Gasteiger partial charge < -0.3 is 15.6 Å². The van der Waals surface area contributed by atoms with E-state index >= 15 is 0 Å². The summed E-state index contributed by atoms with van der Waals surface area (Å²) >= 11 is 0.204. The molecule has 0 radical (unpaired) electrons. The number of rotatable bonds is 5. The summed E-state index contributed by atoms with van der Waals surface area (Å²) in [5, 5.41) is 3.26. The van der Waals surface area contributed by atoms with E-state index in [9.17, 15) is 14.1 Å². The molecule has 1 aliphatic carbocycles. The number of nitrogen functional groups attached to an aromatic ring is 1. The summed E-state index contributed by atoms with van der Waals surface area (Å²) in [6.45, 7) is 0. The van der Waals surface area contributed by atoms with Crippen molar-refractivity contribution in [1.82, 2.24) is 0 Å². The molecule has 162 valence electrons. The Morgan fingerprint density at radius 1 is 0.765 bits per heavy atom. The molecule has 0 heterocycles. The van der Waals surface area contributed by atoms with Crippen molar-refractivity contribution in [1.29, 1.82) is 0 Å². The average molecular weight is 475 g/mol. The minimum Gasteiger partial charge on any atom is -0.795 e. The van der Waals surface area contributed by atoms with Gasteiger partial charge in [0.2, 0.25) is 0 Å². The summed E-state index contributed by atoms with van der Waals surface area (Å²) in [4.78, 5) is 26.8. The number of nitrogens with two attached hydrogens (primary N) is 1. The van der Waals surface area contributed by atoms with Gasteiger partial charge in [-0.15, -0.1) is 0 Å². The van der Waals surface area contributed by atoms with Crippen LogP contribution >= 0.6 is 12.0 Å². The summed E-state index contributed by atoms with van der Waals surface area (Å²) in [7, 11) is 0. The quantitative estimate of drug-likeness (QED) is 0.231. The molecule has 0 atom stereocenters. The van der Waals surface area contributed by atoms with Crippen LogP contribution < -0.4 is 40.6 Å². The molecule has 0 unspecified atom stereocenters. The molecular formula is C27H19N2NaO3S. The summed E-state index contributed by atoms with van der Waals surface area (Å²) in [6, 6.07) is 26.2. The maximum atomic E-state index is 13.4. The van der Waals surface area contributed by atoms with Crippen LogP contribution in [0.2, 0.25) is 0 Å². The van der Waals surface area contributed by atoms with Gasteiger partial charge in [0.05, 0.1) is 22.5 Å². The normalized spacial score (nSPS) is 11.9. The van der Waals surface area contributed by atoms with Gasteiger partial charge in [0.1, 0.15) is 0 Å². The fraction of sp³-hybridized carbons (Fsp3) is 0.0370. The van der Waals surface area contributed by atoms with Gasteiger partial charge in [0, 0.05) is 21.7 Å². The topological polar surface area (TPSA) is 95.2 Å². The van der Waals surface area contributed by atoms with Gasteiger partial charge in [-0.2, -0.15) is 0 Å². The van der Waals surface area contributed by atoms with Crippen LogP contribution in [-0.2, 0) is 6.42 Å². The second-order valence-electron chi connectivity index (χ2n) is 7.86. The van der Waals surface area contributed by atoms with Gasteiger partial charge in [-0.3, -0.25) is 9.59 Å². The first-order valence-electron chi connectivity index (χ1n) is 10.4. The van der Waals surface area contributed by atoms with Crippen LogP contribution in [0.4, 0.5) is 17.1 Å². The first-order valence-corrected chi connectivity index (χ1v) is 11.2. The van der Waals surface area contributed by atoms with E-state index in [-0.39, 0.29) is 74.9 Å². The van der Waals surface area contributed by atoms with Gasteiger partial charge in [0.15, 0.2) is 11.6 Å². The number of hydrogen-bond acceptors (Lipinski definition) is 6. The number of anilines is 3. The molecule has 5 nitrogen and oxygen atoms in total. The molecule has 4 aromatic carbocycles. The SMILES string of the molecule is Nc1c(S[O-])cc(Nc2cccc(Cc3ccccc3)c2)c2c1C(=O)c1ccccc1C2=O.[Na+]. The molecule has 7 heteroatoms. The van der Waals surface area contributed by atoms with Crippen LogP contribution in [-0.4, -0.2) is 16.1 Å². The second-order valence-corrected chi connectivity index (χ2v) is 8.47. The Bertz CT molecular complexity index is 1410. The second kappa shape index (κ2) is 10.2. The van der Waals surface area contributed by atoms with E-state index in [0.29, 0.717) is 16.8 Å². The standard InChI is InChI=1S/C27H20N2O3S.Na/c28-25-22(33-32)15-21(23-24(25)27(31)20-12-5-4-11-19(20)26(23)30)29-18-10-6-9-17(14-18)13-16-7-2-1-3-8-16;/h1-12,14-15,29,32H,13,28H2;/q;+1/p-1. The smallest absolute Gasteiger partial charge is 0.795 e. The maximum absolute atomic E-state index is 13.4. The molecule has 0 aliphatic heterocycles. The van der Waals surface area contributed by atoms with Crippen molar-refractivity contribution in [2.24, 2.45) is 0 Å². The Morgan fingerprint density at radius 2 is 1.38 bits per heavy atom. The largest absolute Gasteiger partial charge is 1.00 e. The molecule has 1 aliphatic rings. The van der Waals surface area contributed by atoms with Gasteiger partial charge in [0.25, 0.3) is 0 Å².